The third-order valence-corrected chi connectivity index (χ3v) is 4.69. The van der Waals surface area contributed by atoms with Gasteiger partial charge in [0.15, 0.2) is 0 Å². The topological polar surface area (TPSA) is 44.4 Å². The fourth-order valence-corrected chi connectivity index (χ4v) is 3.59. The highest BCUT2D eigenvalue weighted by Gasteiger charge is 2.36. The number of hydrogen-bond donors (Lipinski definition) is 2. The predicted molar refractivity (Wildman–Crippen MR) is 85.5 cm³/mol. The van der Waals surface area contributed by atoms with E-state index in [0.717, 1.165) is 43.7 Å². The first kappa shape index (κ1) is 14.5. The summed E-state index contributed by atoms with van der Waals surface area (Å²) < 4.78 is 0. The molecule has 0 aromatic heterocycles. The highest BCUT2D eigenvalue weighted by Crippen LogP contribution is 2.26. The molecule has 2 fully saturated rings. The van der Waals surface area contributed by atoms with Gasteiger partial charge in [-0.1, -0.05) is 32.0 Å². The van der Waals surface area contributed by atoms with E-state index in [9.17, 15) is 4.79 Å². The first-order valence-electron chi connectivity index (χ1n) is 7.95. The summed E-state index contributed by atoms with van der Waals surface area (Å²) in [5.74, 6) is 2.00. The third-order valence-electron chi connectivity index (χ3n) is 4.69. The quantitative estimate of drug-likeness (QED) is 0.889. The van der Waals surface area contributed by atoms with Crippen LogP contribution >= 0.6 is 0 Å². The van der Waals surface area contributed by atoms with Gasteiger partial charge >= 0.3 is 0 Å². The molecule has 2 heterocycles. The second kappa shape index (κ2) is 6.16. The van der Waals surface area contributed by atoms with Gasteiger partial charge in [-0.25, -0.2) is 0 Å². The van der Waals surface area contributed by atoms with Crippen molar-refractivity contribution in [2.24, 2.45) is 11.8 Å². The van der Waals surface area contributed by atoms with Crippen LogP contribution in [0.5, 0.6) is 0 Å². The van der Waals surface area contributed by atoms with E-state index in [4.69, 9.17) is 0 Å². The second-order valence-electron chi connectivity index (χ2n) is 6.66. The van der Waals surface area contributed by atoms with Crippen LogP contribution in [0.25, 0.3) is 0 Å². The Balaban J connectivity index is 1.57. The van der Waals surface area contributed by atoms with E-state index < -0.39 is 0 Å². The number of amides is 1. The zero-order valence-electron chi connectivity index (χ0n) is 12.9. The molecule has 0 bridgehead atoms. The number of carbonyl (C=O) groups excluding carboxylic acids is 1. The van der Waals surface area contributed by atoms with E-state index in [-0.39, 0.29) is 5.91 Å². The van der Waals surface area contributed by atoms with Crippen LogP contribution in [0.3, 0.4) is 0 Å². The monoisotopic (exact) mass is 287 g/mol. The summed E-state index contributed by atoms with van der Waals surface area (Å²) in [6.07, 6.45) is 0. The van der Waals surface area contributed by atoms with Crippen molar-refractivity contribution in [2.75, 3.05) is 38.0 Å². The standard InChI is InChI=1S/C17H25N3O/c1-12(2)15-5-3-4-6-16(15)19-17(21)11-20-9-13-7-18-8-14(13)10-20/h3-6,12-14,18H,7-11H2,1-2H3,(H,19,21)/t13-,14+. The van der Waals surface area contributed by atoms with Crippen molar-refractivity contribution in [1.29, 1.82) is 0 Å². The molecule has 2 aliphatic rings. The first-order valence-corrected chi connectivity index (χ1v) is 7.95. The van der Waals surface area contributed by atoms with Crippen molar-refractivity contribution in [3.05, 3.63) is 29.8 Å². The van der Waals surface area contributed by atoms with Gasteiger partial charge < -0.3 is 10.6 Å². The molecule has 21 heavy (non-hydrogen) atoms. The first-order chi connectivity index (χ1) is 10.1. The molecule has 0 saturated carbocycles. The lowest BCUT2D eigenvalue weighted by atomic mass is 10.0. The Bertz CT molecular complexity index is 503. The van der Waals surface area contributed by atoms with Gasteiger partial charge in [-0.2, -0.15) is 0 Å². The number of fused-ring (bicyclic) bond motifs is 1. The van der Waals surface area contributed by atoms with Crippen LogP contribution in [-0.2, 0) is 4.79 Å². The van der Waals surface area contributed by atoms with Crippen LogP contribution in [0.1, 0.15) is 25.3 Å². The summed E-state index contributed by atoms with van der Waals surface area (Å²) >= 11 is 0. The summed E-state index contributed by atoms with van der Waals surface area (Å²) in [5, 5.41) is 6.52. The van der Waals surface area contributed by atoms with Gasteiger partial charge in [0.1, 0.15) is 0 Å². The van der Waals surface area contributed by atoms with Crippen LogP contribution in [0, 0.1) is 11.8 Å². The predicted octanol–water partition coefficient (Wildman–Crippen LogP) is 1.90. The minimum absolute atomic E-state index is 0.107. The molecule has 2 aliphatic heterocycles. The lowest BCUT2D eigenvalue weighted by Crippen LogP contribution is -2.34. The van der Waals surface area contributed by atoms with Gasteiger partial charge in [-0.3, -0.25) is 9.69 Å². The number of carbonyl (C=O) groups is 1. The van der Waals surface area contributed by atoms with Gasteiger partial charge in [0, 0.05) is 18.8 Å². The number of hydrogen-bond acceptors (Lipinski definition) is 3. The molecular formula is C17H25N3O. The number of nitrogens with zero attached hydrogens (tertiary/aromatic N) is 1. The molecular weight excluding hydrogens is 262 g/mol. The van der Waals surface area contributed by atoms with Crippen LogP contribution < -0.4 is 10.6 Å². The largest absolute Gasteiger partial charge is 0.325 e. The fraction of sp³-hybridized carbons (Fsp3) is 0.588. The molecule has 2 saturated heterocycles. The van der Waals surface area contributed by atoms with Crippen molar-refractivity contribution in [3.63, 3.8) is 0 Å². The molecule has 1 amide bonds. The lowest BCUT2D eigenvalue weighted by molar-refractivity contribution is -0.117. The summed E-state index contributed by atoms with van der Waals surface area (Å²) in [7, 11) is 0. The normalized spacial score (nSPS) is 25.3. The van der Waals surface area contributed by atoms with Gasteiger partial charge in [0.2, 0.25) is 5.91 Å². The zero-order chi connectivity index (χ0) is 14.8. The highest BCUT2D eigenvalue weighted by atomic mass is 16.2. The van der Waals surface area contributed by atoms with Crippen molar-refractivity contribution < 1.29 is 4.79 Å². The molecule has 3 rings (SSSR count). The summed E-state index contributed by atoms with van der Waals surface area (Å²) in [6.45, 7) is 9.14. The molecule has 0 radical (unpaired) electrons. The summed E-state index contributed by atoms with van der Waals surface area (Å²) in [4.78, 5) is 14.6. The molecule has 0 aliphatic carbocycles. The summed E-state index contributed by atoms with van der Waals surface area (Å²) in [6, 6.07) is 8.09. The molecule has 2 atom stereocenters. The molecule has 0 spiro atoms. The minimum atomic E-state index is 0.107. The summed E-state index contributed by atoms with van der Waals surface area (Å²) in [5.41, 5.74) is 2.16. The maximum absolute atomic E-state index is 12.3. The number of para-hydroxylation sites is 1. The molecule has 4 heteroatoms. The van der Waals surface area contributed by atoms with Crippen molar-refractivity contribution in [2.45, 2.75) is 19.8 Å². The molecule has 4 nitrogen and oxygen atoms in total. The molecule has 1 aromatic rings. The van der Waals surface area contributed by atoms with Crippen LogP contribution in [0.4, 0.5) is 5.69 Å². The van der Waals surface area contributed by atoms with Crippen molar-refractivity contribution >= 4 is 11.6 Å². The maximum atomic E-state index is 12.3. The fourth-order valence-electron chi connectivity index (χ4n) is 3.59. The van der Waals surface area contributed by atoms with Gasteiger partial charge in [-0.05, 0) is 42.5 Å². The Morgan fingerprint density at radius 1 is 1.29 bits per heavy atom. The Morgan fingerprint density at radius 2 is 1.95 bits per heavy atom. The average Bonchev–Trinajstić information content (AvgIpc) is 2.99. The van der Waals surface area contributed by atoms with Gasteiger partial charge in [-0.15, -0.1) is 0 Å². The van der Waals surface area contributed by atoms with Gasteiger partial charge in [0.05, 0.1) is 6.54 Å². The van der Waals surface area contributed by atoms with E-state index in [2.05, 4.69) is 35.4 Å². The maximum Gasteiger partial charge on any atom is 0.238 e. The van der Waals surface area contributed by atoms with E-state index in [1.807, 2.05) is 18.2 Å². The van der Waals surface area contributed by atoms with E-state index in [1.54, 1.807) is 0 Å². The molecule has 2 N–H and O–H groups in total. The van der Waals surface area contributed by atoms with Crippen molar-refractivity contribution in [1.82, 2.24) is 10.2 Å². The zero-order valence-corrected chi connectivity index (χ0v) is 12.9. The van der Waals surface area contributed by atoms with Gasteiger partial charge in [0.25, 0.3) is 0 Å². The number of benzene rings is 1. The molecule has 1 aromatic carbocycles. The van der Waals surface area contributed by atoms with Crippen LogP contribution in [0.15, 0.2) is 24.3 Å². The average molecular weight is 287 g/mol. The smallest absolute Gasteiger partial charge is 0.238 e. The number of rotatable bonds is 4. The molecule has 0 unspecified atom stereocenters. The Kier molecular flexibility index (Phi) is 4.27. The lowest BCUT2D eigenvalue weighted by Gasteiger charge is -2.18. The number of anilines is 1. The molecule has 114 valence electrons. The van der Waals surface area contributed by atoms with E-state index in [0.29, 0.717) is 12.5 Å². The SMILES string of the molecule is CC(C)c1ccccc1NC(=O)CN1C[C@H]2CNC[C@H]2C1. The van der Waals surface area contributed by atoms with Crippen LogP contribution in [-0.4, -0.2) is 43.5 Å². The third kappa shape index (κ3) is 3.27. The highest BCUT2D eigenvalue weighted by molar-refractivity contribution is 5.93. The van der Waals surface area contributed by atoms with E-state index >= 15 is 0 Å². The van der Waals surface area contributed by atoms with E-state index in [1.165, 1.54) is 5.56 Å². The second-order valence-corrected chi connectivity index (χ2v) is 6.66. The number of nitrogens with one attached hydrogen (secondary N) is 2. The minimum Gasteiger partial charge on any atom is -0.325 e. The Hall–Kier alpha value is -1.39. The Labute approximate surface area is 126 Å². The number of likely N-dealkylation sites (tertiary alicyclic amines) is 1. The van der Waals surface area contributed by atoms with Crippen LogP contribution in [0.2, 0.25) is 0 Å². The Morgan fingerprint density at radius 3 is 2.62 bits per heavy atom. The van der Waals surface area contributed by atoms with Crippen molar-refractivity contribution in [3.8, 4) is 0 Å².